The van der Waals surface area contributed by atoms with Gasteiger partial charge >= 0.3 is 0 Å². The van der Waals surface area contributed by atoms with Gasteiger partial charge in [-0.25, -0.2) is 0 Å². The Hall–Kier alpha value is -1.55. The van der Waals surface area contributed by atoms with Crippen LogP contribution in [0.15, 0.2) is 24.3 Å². The zero-order chi connectivity index (χ0) is 12.5. The number of benzene rings is 1. The Morgan fingerprint density at radius 3 is 3.06 bits per heavy atom. The number of nitrogens with two attached hydrogens (primary N) is 1. The molecule has 0 aromatic heterocycles. The summed E-state index contributed by atoms with van der Waals surface area (Å²) >= 11 is 0. The summed E-state index contributed by atoms with van der Waals surface area (Å²) in [6, 6.07) is 8.02. The molecule has 0 aliphatic carbocycles. The molecule has 96 valence electrons. The molecule has 4 nitrogen and oxygen atoms in total. The van der Waals surface area contributed by atoms with Gasteiger partial charge in [0.1, 0.15) is 0 Å². The number of carbonyl (C=O) groups excluding carboxylic acids is 1. The average Bonchev–Trinajstić information content (AvgIpc) is 2.94. The number of fused-ring (bicyclic) bond motifs is 1. The van der Waals surface area contributed by atoms with Crippen molar-refractivity contribution in [3.63, 3.8) is 0 Å². The van der Waals surface area contributed by atoms with Crippen LogP contribution in [0.4, 0.5) is 5.69 Å². The number of nitrogen functional groups attached to an aromatic ring is 1. The minimum atomic E-state index is 0.000972. The van der Waals surface area contributed by atoms with Crippen molar-refractivity contribution >= 4 is 11.6 Å². The van der Waals surface area contributed by atoms with Crippen LogP contribution in [-0.2, 0) is 0 Å². The van der Waals surface area contributed by atoms with Gasteiger partial charge in [-0.15, -0.1) is 0 Å². The van der Waals surface area contributed by atoms with E-state index in [4.69, 9.17) is 5.73 Å². The molecule has 1 aromatic carbocycles. The van der Waals surface area contributed by atoms with Crippen LogP contribution in [0.1, 0.15) is 29.6 Å². The fourth-order valence-corrected chi connectivity index (χ4v) is 3.18. The fraction of sp³-hybridized carbons (Fsp3) is 0.500. The maximum absolute atomic E-state index is 12.2. The summed E-state index contributed by atoms with van der Waals surface area (Å²) in [7, 11) is 0. The van der Waals surface area contributed by atoms with Crippen LogP contribution in [0, 0.1) is 0 Å². The van der Waals surface area contributed by atoms with Crippen LogP contribution in [-0.4, -0.2) is 36.0 Å². The fourth-order valence-electron chi connectivity index (χ4n) is 3.18. The van der Waals surface area contributed by atoms with Gasteiger partial charge in [-0.3, -0.25) is 9.69 Å². The SMILES string of the molecule is Nc1cccc(C(=O)NC2CCN3CCCC23)c1. The van der Waals surface area contributed by atoms with Gasteiger partial charge in [0, 0.05) is 29.9 Å². The second-order valence-corrected chi connectivity index (χ2v) is 5.24. The van der Waals surface area contributed by atoms with E-state index < -0.39 is 0 Å². The highest BCUT2D eigenvalue weighted by atomic mass is 16.1. The number of amides is 1. The molecule has 2 aliphatic heterocycles. The number of carbonyl (C=O) groups is 1. The Labute approximate surface area is 107 Å². The summed E-state index contributed by atoms with van der Waals surface area (Å²) in [5.41, 5.74) is 7.00. The highest BCUT2D eigenvalue weighted by Gasteiger charge is 2.37. The van der Waals surface area contributed by atoms with Gasteiger partial charge in [-0.05, 0) is 44.0 Å². The number of nitrogens with one attached hydrogen (secondary N) is 1. The van der Waals surface area contributed by atoms with E-state index in [9.17, 15) is 4.79 Å². The maximum Gasteiger partial charge on any atom is 0.251 e. The van der Waals surface area contributed by atoms with E-state index in [2.05, 4.69) is 10.2 Å². The van der Waals surface area contributed by atoms with Crippen LogP contribution in [0.3, 0.4) is 0 Å². The molecule has 0 spiro atoms. The summed E-state index contributed by atoms with van der Waals surface area (Å²) in [5.74, 6) is 0.000972. The first kappa shape index (κ1) is 11.5. The summed E-state index contributed by atoms with van der Waals surface area (Å²) in [6.07, 6.45) is 3.54. The molecule has 2 unspecified atom stereocenters. The highest BCUT2D eigenvalue weighted by molar-refractivity contribution is 5.95. The van der Waals surface area contributed by atoms with E-state index in [0.29, 0.717) is 23.3 Å². The molecule has 0 saturated carbocycles. The molecule has 0 radical (unpaired) electrons. The quantitative estimate of drug-likeness (QED) is 0.771. The second-order valence-electron chi connectivity index (χ2n) is 5.24. The first-order valence-corrected chi connectivity index (χ1v) is 6.64. The van der Waals surface area contributed by atoms with Gasteiger partial charge in [-0.2, -0.15) is 0 Å². The van der Waals surface area contributed by atoms with E-state index in [1.165, 1.54) is 19.4 Å². The Kier molecular flexibility index (Phi) is 2.96. The molecule has 2 aliphatic rings. The van der Waals surface area contributed by atoms with E-state index in [1.54, 1.807) is 12.1 Å². The first-order valence-electron chi connectivity index (χ1n) is 6.64. The number of nitrogens with zero attached hydrogens (tertiary/aromatic N) is 1. The van der Waals surface area contributed by atoms with Crippen molar-refractivity contribution in [3.05, 3.63) is 29.8 Å². The summed E-state index contributed by atoms with van der Waals surface area (Å²) in [5, 5.41) is 3.16. The monoisotopic (exact) mass is 245 g/mol. The van der Waals surface area contributed by atoms with E-state index in [1.807, 2.05) is 12.1 Å². The third-order valence-corrected chi connectivity index (χ3v) is 4.07. The van der Waals surface area contributed by atoms with Crippen molar-refractivity contribution < 1.29 is 4.79 Å². The zero-order valence-electron chi connectivity index (χ0n) is 10.4. The number of hydrogen-bond donors (Lipinski definition) is 2. The standard InChI is InChI=1S/C14H19N3O/c15-11-4-1-3-10(9-11)14(18)16-12-6-8-17-7-2-5-13(12)17/h1,3-4,9,12-13H,2,5-8,15H2,(H,16,18). The molecule has 1 amide bonds. The van der Waals surface area contributed by atoms with E-state index >= 15 is 0 Å². The lowest BCUT2D eigenvalue weighted by Gasteiger charge is -2.21. The summed E-state index contributed by atoms with van der Waals surface area (Å²) in [4.78, 5) is 14.6. The van der Waals surface area contributed by atoms with Crippen molar-refractivity contribution in [2.24, 2.45) is 0 Å². The zero-order valence-corrected chi connectivity index (χ0v) is 10.4. The molecule has 0 bridgehead atoms. The molecule has 2 heterocycles. The average molecular weight is 245 g/mol. The third-order valence-electron chi connectivity index (χ3n) is 4.07. The van der Waals surface area contributed by atoms with Gasteiger partial charge in [0.05, 0.1) is 0 Å². The Bertz CT molecular complexity index is 460. The predicted molar refractivity (Wildman–Crippen MR) is 71.3 cm³/mol. The van der Waals surface area contributed by atoms with Crippen LogP contribution < -0.4 is 11.1 Å². The molecule has 4 heteroatoms. The Morgan fingerprint density at radius 1 is 1.33 bits per heavy atom. The molecule has 2 saturated heterocycles. The smallest absolute Gasteiger partial charge is 0.251 e. The van der Waals surface area contributed by atoms with Crippen molar-refractivity contribution in [2.75, 3.05) is 18.8 Å². The van der Waals surface area contributed by atoms with Crippen LogP contribution in [0.25, 0.3) is 0 Å². The lowest BCUT2D eigenvalue weighted by Crippen LogP contribution is -2.42. The van der Waals surface area contributed by atoms with Gasteiger partial charge in [-0.1, -0.05) is 6.07 Å². The largest absolute Gasteiger partial charge is 0.399 e. The normalized spacial score (nSPS) is 27.1. The molecular formula is C14H19N3O. The number of anilines is 1. The third kappa shape index (κ3) is 2.08. The summed E-state index contributed by atoms with van der Waals surface area (Å²) in [6.45, 7) is 2.31. The molecule has 1 aromatic rings. The molecule has 2 fully saturated rings. The maximum atomic E-state index is 12.2. The highest BCUT2D eigenvalue weighted by Crippen LogP contribution is 2.28. The van der Waals surface area contributed by atoms with Crippen LogP contribution in [0.5, 0.6) is 0 Å². The van der Waals surface area contributed by atoms with Crippen molar-refractivity contribution in [1.29, 1.82) is 0 Å². The second kappa shape index (κ2) is 4.61. The van der Waals surface area contributed by atoms with Crippen molar-refractivity contribution in [2.45, 2.75) is 31.3 Å². The first-order chi connectivity index (χ1) is 8.74. The number of rotatable bonds is 2. The minimum absolute atomic E-state index is 0.000972. The van der Waals surface area contributed by atoms with Crippen molar-refractivity contribution in [1.82, 2.24) is 10.2 Å². The van der Waals surface area contributed by atoms with Gasteiger partial charge in [0.25, 0.3) is 5.91 Å². The van der Waals surface area contributed by atoms with Crippen LogP contribution in [0.2, 0.25) is 0 Å². The number of hydrogen-bond acceptors (Lipinski definition) is 3. The molecule has 2 atom stereocenters. The van der Waals surface area contributed by atoms with Crippen LogP contribution >= 0.6 is 0 Å². The minimum Gasteiger partial charge on any atom is -0.399 e. The Morgan fingerprint density at radius 2 is 2.22 bits per heavy atom. The van der Waals surface area contributed by atoms with Crippen molar-refractivity contribution in [3.8, 4) is 0 Å². The van der Waals surface area contributed by atoms with E-state index in [-0.39, 0.29) is 5.91 Å². The van der Waals surface area contributed by atoms with Gasteiger partial charge in [0.2, 0.25) is 0 Å². The summed E-state index contributed by atoms with van der Waals surface area (Å²) < 4.78 is 0. The molecule has 3 N–H and O–H groups in total. The lowest BCUT2D eigenvalue weighted by atomic mass is 10.1. The topological polar surface area (TPSA) is 58.4 Å². The van der Waals surface area contributed by atoms with Gasteiger partial charge < -0.3 is 11.1 Å². The van der Waals surface area contributed by atoms with E-state index in [0.717, 1.165) is 13.0 Å². The molecule has 3 rings (SSSR count). The lowest BCUT2D eigenvalue weighted by molar-refractivity contribution is 0.0929. The molecular weight excluding hydrogens is 226 g/mol. The molecule has 18 heavy (non-hydrogen) atoms. The Balaban J connectivity index is 1.68. The predicted octanol–water partition coefficient (Wildman–Crippen LogP) is 1.24. The van der Waals surface area contributed by atoms with Gasteiger partial charge in [0.15, 0.2) is 0 Å².